The van der Waals surface area contributed by atoms with E-state index < -0.39 is 0 Å². The SMILES string of the molecule is Cc1cc(N2CCN(C(=O)CSc3ncnc4sc(C)c(C)c34)CC2)nc(C(C)C)n1. The van der Waals surface area contributed by atoms with E-state index in [0.717, 1.165) is 45.7 Å². The minimum Gasteiger partial charge on any atom is -0.353 e. The van der Waals surface area contributed by atoms with Crippen molar-refractivity contribution in [2.75, 3.05) is 36.8 Å². The Balaban J connectivity index is 1.37. The van der Waals surface area contributed by atoms with Crippen molar-refractivity contribution < 1.29 is 4.79 Å². The summed E-state index contributed by atoms with van der Waals surface area (Å²) in [6.07, 6.45) is 1.60. The third-order valence-corrected chi connectivity index (χ3v) is 7.68. The molecule has 3 aromatic heterocycles. The summed E-state index contributed by atoms with van der Waals surface area (Å²) < 4.78 is 0. The molecule has 164 valence electrons. The molecular formula is C22H28N6OS2. The van der Waals surface area contributed by atoms with Crippen LogP contribution in [0.15, 0.2) is 17.4 Å². The molecule has 0 radical (unpaired) electrons. The number of piperazine rings is 1. The number of carbonyl (C=O) groups excluding carboxylic acids is 1. The van der Waals surface area contributed by atoms with Gasteiger partial charge < -0.3 is 9.80 Å². The molecule has 3 aromatic rings. The first kappa shape index (κ1) is 22.0. The molecule has 1 amide bonds. The summed E-state index contributed by atoms with van der Waals surface area (Å²) in [5, 5.41) is 1.99. The van der Waals surface area contributed by atoms with Crippen molar-refractivity contribution in [1.82, 2.24) is 24.8 Å². The van der Waals surface area contributed by atoms with Crippen LogP contribution in [0.25, 0.3) is 10.2 Å². The third kappa shape index (κ3) is 4.67. The maximum atomic E-state index is 12.9. The van der Waals surface area contributed by atoms with Crippen LogP contribution in [0.1, 0.15) is 41.7 Å². The number of hydrogen-bond donors (Lipinski definition) is 0. The quantitative estimate of drug-likeness (QED) is 0.425. The number of thioether (sulfide) groups is 1. The molecule has 4 rings (SSSR count). The largest absolute Gasteiger partial charge is 0.353 e. The van der Waals surface area contributed by atoms with Crippen LogP contribution < -0.4 is 4.90 Å². The van der Waals surface area contributed by atoms with E-state index in [9.17, 15) is 4.79 Å². The van der Waals surface area contributed by atoms with Crippen LogP contribution in [0, 0.1) is 20.8 Å². The van der Waals surface area contributed by atoms with Gasteiger partial charge in [0, 0.05) is 54.1 Å². The first-order valence-electron chi connectivity index (χ1n) is 10.5. The van der Waals surface area contributed by atoms with E-state index in [1.165, 1.54) is 22.2 Å². The molecule has 1 saturated heterocycles. The van der Waals surface area contributed by atoms with E-state index in [-0.39, 0.29) is 5.91 Å². The van der Waals surface area contributed by atoms with E-state index in [1.807, 2.05) is 17.9 Å². The Morgan fingerprint density at radius 1 is 1.13 bits per heavy atom. The van der Waals surface area contributed by atoms with Gasteiger partial charge in [-0.05, 0) is 26.3 Å². The Bertz CT molecular complexity index is 1100. The molecule has 0 unspecified atom stereocenters. The van der Waals surface area contributed by atoms with E-state index in [1.54, 1.807) is 17.7 Å². The van der Waals surface area contributed by atoms with Gasteiger partial charge in [0.05, 0.1) is 5.75 Å². The maximum Gasteiger partial charge on any atom is 0.233 e. The lowest BCUT2D eigenvalue weighted by Crippen LogP contribution is -2.49. The van der Waals surface area contributed by atoms with Crippen molar-refractivity contribution in [2.45, 2.75) is 45.6 Å². The number of carbonyl (C=O) groups is 1. The highest BCUT2D eigenvalue weighted by molar-refractivity contribution is 8.00. The molecule has 4 heterocycles. The van der Waals surface area contributed by atoms with Crippen LogP contribution in [0.2, 0.25) is 0 Å². The number of aryl methyl sites for hydroxylation is 3. The molecule has 0 saturated carbocycles. The summed E-state index contributed by atoms with van der Waals surface area (Å²) in [6.45, 7) is 13.4. The van der Waals surface area contributed by atoms with Crippen LogP contribution in [0.5, 0.6) is 0 Å². The molecule has 0 atom stereocenters. The summed E-state index contributed by atoms with van der Waals surface area (Å²) in [5.41, 5.74) is 2.20. The minimum absolute atomic E-state index is 0.155. The number of amides is 1. The maximum absolute atomic E-state index is 12.9. The Morgan fingerprint density at radius 2 is 1.87 bits per heavy atom. The summed E-state index contributed by atoms with van der Waals surface area (Å²) in [4.78, 5) is 37.4. The van der Waals surface area contributed by atoms with Gasteiger partial charge >= 0.3 is 0 Å². The number of hydrogen-bond acceptors (Lipinski definition) is 8. The second-order valence-electron chi connectivity index (χ2n) is 8.18. The molecule has 0 N–H and O–H groups in total. The van der Waals surface area contributed by atoms with E-state index in [2.05, 4.69) is 47.5 Å². The topological polar surface area (TPSA) is 75.1 Å². The van der Waals surface area contributed by atoms with Crippen LogP contribution in [-0.2, 0) is 4.79 Å². The molecule has 31 heavy (non-hydrogen) atoms. The van der Waals surface area contributed by atoms with Gasteiger partial charge in [0.15, 0.2) is 0 Å². The van der Waals surface area contributed by atoms with Crippen LogP contribution >= 0.6 is 23.1 Å². The zero-order chi connectivity index (χ0) is 22.1. The third-order valence-electron chi connectivity index (χ3n) is 5.59. The predicted octanol–water partition coefficient (Wildman–Crippen LogP) is 3.97. The van der Waals surface area contributed by atoms with Crippen molar-refractivity contribution in [3.63, 3.8) is 0 Å². The number of fused-ring (bicyclic) bond motifs is 1. The Labute approximate surface area is 191 Å². The number of nitrogens with zero attached hydrogens (tertiary/aromatic N) is 6. The number of aromatic nitrogens is 4. The van der Waals surface area contributed by atoms with E-state index in [0.29, 0.717) is 24.8 Å². The molecular weight excluding hydrogens is 428 g/mol. The molecule has 1 aliphatic rings. The van der Waals surface area contributed by atoms with E-state index >= 15 is 0 Å². The fourth-order valence-electron chi connectivity index (χ4n) is 3.66. The van der Waals surface area contributed by atoms with Crippen molar-refractivity contribution in [3.8, 4) is 0 Å². The lowest BCUT2D eigenvalue weighted by Gasteiger charge is -2.35. The summed E-state index contributed by atoms with van der Waals surface area (Å²) in [7, 11) is 0. The number of anilines is 1. The first-order valence-corrected chi connectivity index (χ1v) is 12.4. The fourth-order valence-corrected chi connectivity index (χ4v) is 5.68. The van der Waals surface area contributed by atoms with Gasteiger partial charge in [0.25, 0.3) is 0 Å². The van der Waals surface area contributed by atoms with Crippen molar-refractivity contribution in [1.29, 1.82) is 0 Å². The Hall–Kier alpha value is -2.26. The van der Waals surface area contributed by atoms with Crippen LogP contribution in [0.3, 0.4) is 0 Å². The fraction of sp³-hybridized carbons (Fsp3) is 0.500. The van der Waals surface area contributed by atoms with Crippen molar-refractivity contribution in [2.24, 2.45) is 0 Å². The number of thiophene rings is 1. The lowest BCUT2D eigenvalue weighted by atomic mass is 10.2. The Kier molecular flexibility index (Phi) is 6.43. The molecule has 0 aliphatic carbocycles. The highest BCUT2D eigenvalue weighted by Gasteiger charge is 2.23. The molecule has 0 aromatic carbocycles. The standard InChI is InChI=1S/C22H28N6OS2/c1-13(2)20-25-14(3)10-17(26-20)27-6-8-28(9-7-27)18(29)11-30-21-19-15(4)16(5)31-22(19)24-12-23-21/h10,12-13H,6-9,11H2,1-5H3. The van der Waals surface area contributed by atoms with Gasteiger partial charge in [0.2, 0.25) is 5.91 Å². The summed E-state index contributed by atoms with van der Waals surface area (Å²) in [6, 6.07) is 2.03. The first-order chi connectivity index (χ1) is 14.8. The van der Waals surface area contributed by atoms with Gasteiger partial charge in [-0.25, -0.2) is 19.9 Å². The van der Waals surface area contributed by atoms with Crippen LogP contribution in [0.4, 0.5) is 5.82 Å². The minimum atomic E-state index is 0.155. The average molecular weight is 457 g/mol. The normalized spacial score (nSPS) is 14.6. The highest BCUT2D eigenvalue weighted by Crippen LogP contribution is 2.34. The van der Waals surface area contributed by atoms with Gasteiger partial charge in [0.1, 0.15) is 27.8 Å². The zero-order valence-corrected chi connectivity index (χ0v) is 20.3. The van der Waals surface area contributed by atoms with Crippen molar-refractivity contribution in [3.05, 3.63) is 34.4 Å². The van der Waals surface area contributed by atoms with E-state index in [4.69, 9.17) is 4.98 Å². The average Bonchev–Trinajstić information content (AvgIpc) is 3.05. The van der Waals surface area contributed by atoms with Gasteiger partial charge in [-0.3, -0.25) is 4.79 Å². The molecule has 0 spiro atoms. The van der Waals surface area contributed by atoms with Crippen molar-refractivity contribution >= 4 is 45.0 Å². The lowest BCUT2D eigenvalue weighted by molar-refractivity contribution is -0.128. The molecule has 0 bridgehead atoms. The zero-order valence-electron chi connectivity index (χ0n) is 18.7. The second-order valence-corrected chi connectivity index (χ2v) is 10.3. The van der Waals surface area contributed by atoms with Gasteiger partial charge in [-0.15, -0.1) is 11.3 Å². The Morgan fingerprint density at radius 3 is 2.58 bits per heavy atom. The number of rotatable bonds is 5. The van der Waals surface area contributed by atoms with Crippen LogP contribution in [-0.4, -0.2) is 62.7 Å². The smallest absolute Gasteiger partial charge is 0.233 e. The summed E-state index contributed by atoms with van der Waals surface area (Å²) >= 11 is 3.19. The second kappa shape index (κ2) is 9.08. The molecule has 9 heteroatoms. The monoisotopic (exact) mass is 456 g/mol. The van der Waals surface area contributed by atoms with Gasteiger partial charge in [-0.1, -0.05) is 25.6 Å². The predicted molar refractivity (Wildman–Crippen MR) is 127 cm³/mol. The summed E-state index contributed by atoms with van der Waals surface area (Å²) in [5.74, 6) is 2.68. The molecule has 1 fully saturated rings. The molecule has 7 nitrogen and oxygen atoms in total. The molecule has 1 aliphatic heterocycles. The van der Waals surface area contributed by atoms with Gasteiger partial charge in [-0.2, -0.15) is 0 Å². The highest BCUT2D eigenvalue weighted by atomic mass is 32.2.